The van der Waals surface area contributed by atoms with Crippen molar-refractivity contribution in [1.29, 1.82) is 0 Å². The van der Waals surface area contributed by atoms with Crippen molar-refractivity contribution < 1.29 is 9.53 Å². The molecule has 0 spiro atoms. The van der Waals surface area contributed by atoms with E-state index in [-0.39, 0.29) is 17.3 Å². The standard InChI is InChI=1S/C12H14N2O3S2/c1-3-7-5-8-10(16)13-12(14-11(8)19-7)18-6-9(15)17-4-2/h5H,3-4,6H2,1-2H3,(H,13,14,16). The van der Waals surface area contributed by atoms with Crippen LogP contribution in [0.4, 0.5) is 0 Å². The lowest BCUT2D eigenvalue weighted by Gasteiger charge is -2.01. The maximum Gasteiger partial charge on any atom is 0.316 e. The van der Waals surface area contributed by atoms with Crippen LogP contribution in [-0.2, 0) is 16.0 Å². The Morgan fingerprint density at radius 1 is 1.53 bits per heavy atom. The SMILES string of the molecule is CCOC(=O)CSc1nc2sc(CC)cc2c(=O)[nH]1. The molecule has 2 aromatic rings. The molecule has 0 radical (unpaired) electrons. The molecule has 102 valence electrons. The number of hydrogen-bond donors (Lipinski definition) is 1. The van der Waals surface area contributed by atoms with Gasteiger partial charge in [0.1, 0.15) is 4.83 Å². The Balaban J connectivity index is 2.20. The van der Waals surface area contributed by atoms with Gasteiger partial charge in [-0.2, -0.15) is 0 Å². The number of aromatic amines is 1. The lowest BCUT2D eigenvalue weighted by Crippen LogP contribution is -2.10. The molecule has 0 saturated heterocycles. The minimum atomic E-state index is -0.310. The van der Waals surface area contributed by atoms with Crippen molar-refractivity contribution in [3.63, 3.8) is 0 Å². The van der Waals surface area contributed by atoms with E-state index < -0.39 is 0 Å². The van der Waals surface area contributed by atoms with E-state index in [1.54, 1.807) is 6.92 Å². The van der Waals surface area contributed by atoms with Gasteiger partial charge < -0.3 is 9.72 Å². The number of thiophene rings is 1. The number of hydrogen-bond acceptors (Lipinski definition) is 6. The predicted molar refractivity (Wildman–Crippen MR) is 77.0 cm³/mol. The molecule has 0 unspecified atom stereocenters. The second kappa shape index (κ2) is 6.21. The van der Waals surface area contributed by atoms with Gasteiger partial charge in [-0.3, -0.25) is 9.59 Å². The van der Waals surface area contributed by atoms with Crippen molar-refractivity contribution in [3.05, 3.63) is 21.3 Å². The van der Waals surface area contributed by atoms with E-state index in [1.165, 1.54) is 23.1 Å². The van der Waals surface area contributed by atoms with E-state index >= 15 is 0 Å². The van der Waals surface area contributed by atoms with Crippen LogP contribution < -0.4 is 5.56 Å². The lowest BCUT2D eigenvalue weighted by atomic mass is 10.3. The summed E-state index contributed by atoms with van der Waals surface area (Å²) in [5.74, 6) is -0.162. The molecular weight excluding hydrogens is 284 g/mol. The number of aryl methyl sites for hydroxylation is 1. The summed E-state index contributed by atoms with van der Waals surface area (Å²) in [4.78, 5) is 32.0. The summed E-state index contributed by atoms with van der Waals surface area (Å²) < 4.78 is 4.83. The minimum absolute atomic E-state index is 0.147. The highest BCUT2D eigenvalue weighted by molar-refractivity contribution is 7.99. The molecule has 0 aromatic carbocycles. The molecule has 0 bridgehead atoms. The second-order valence-electron chi connectivity index (χ2n) is 3.75. The molecule has 19 heavy (non-hydrogen) atoms. The fourth-order valence-corrected chi connectivity index (χ4v) is 3.22. The third-order valence-corrected chi connectivity index (χ3v) is 4.43. The average Bonchev–Trinajstić information content (AvgIpc) is 2.80. The Hall–Kier alpha value is -1.34. The number of carbonyl (C=O) groups excluding carboxylic acids is 1. The first-order valence-electron chi connectivity index (χ1n) is 5.95. The maximum atomic E-state index is 11.9. The molecular formula is C12H14N2O3S2. The quantitative estimate of drug-likeness (QED) is 0.520. The number of esters is 1. The van der Waals surface area contributed by atoms with Crippen molar-refractivity contribution in [3.8, 4) is 0 Å². The molecule has 0 atom stereocenters. The van der Waals surface area contributed by atoms with Crippen LogP contribution in [-0.4, -0.2) is 28.3 Å². The molecule has 2 heterocycles. The number of thioether (sulfide) groups is 1. The third-order valence-electron chi connectivity index (χ3n) is 2.41. The van der Waals surface area contributed by atoms with Crippen LogP contribution in [0.5, 0.6) is 0 Å². The van der Waals surface area contributed by atoms with E-state index in [9.17, 15) is 9.59 Å². The van der Waals surface area contributed by atoms with Gasteiger partial charge in [-0.05, 0) is 19.4 Å². The molecule has 2 aromatic heterocycles. The van der Waals surface area contributed by atoms with Crippen molar-refractivity contribution >= 4 is 39.3 Å². The fourth-order valence-electron chi connectivity index (χ4n) is 1.53. The Bertz CT molecular complexity index is 648. The largest absolute Gasteiger partial charge is 0.465 e. The van der Waals surface area contributed by atoms with Crippen LogP contribution in [0, 0.1) is 0 Å². The van der Waals surface area contributed by atoms with Gasteiger partial charge in [-0.1, -0.05) is 18.7 Å². The number of H-pyrrole nitrogens is 1. The van der Waals surface area contributed by atoms with Crippen LogP contribution in [0.1, 0.15) is 18.7 Å². The van der Waals surface area contributed by atoms with Gasteiger partial charge in [0.05, 0.1) is 17.7 Å². The van der Waals surface area contributed by atoms with E-state index in [2.05, 4.69) is 9.97 Å². The normalized spacial score (nSPS) is 10.8. The Morgan fingerprint density at radius 2 is 2.32 bits per heavy atom. The van der Waals surface area contributed by atoms with Crippen LogP contribution >= 0.6 is 23.1 Å². The van der Waals surface area contributed by atoms with Gasteiger partial charge in [-0.15, -0.1) is 11.3 Å². The molecule has 0 fully saturated rings. The Labute approximate surface area is 118 Å². The summed E-state index contributed by atoms with van der Waals surface area (Å²) in [6.07, 6.45) is 0.881. The first-order valence-corrected chi connectivity index (χ1v) is 7.75. The summed E-state index contributed by atoms with van der Waals surface area (Å²) in [7, 11) is 0. The van der Waals surface area contributed by atoms with Gasteiger partial charge in [0.2, 0.25) is 0 Å². The first kappa shape index (κ1) is 14.1. The zero-order valence-corrected chi connectivity index (χ0v) is 12.3. The van der Waals surface area contributed by atoms with E-state index in [1.807, 2.05) is 13.0 Å². The van der Waals surface area contributed by atoms with Crippen molar-refractivity contribution in [2.45, 2.75) is 25.4 Å². The van der Waals surface area contributed by atoms with Crippen molar-refractivity contribution in [1.82, 2.24) is 9.97 Å². The summed E-state index contributed by atoms with van der Waals surface area (Å²) in [6, 6.07) is 1.87. The molecule has 2 rings (SSSR count). The Kier molecular flexibility index (Phi) is 4.60. The lowest BCUT2D eigenvalue weighted by molar-refractivity contribution is -0.139. The number of rotatable bonds is 5. The topological polar surface area (TPSA) is 72.0 Å². The maximum absolute atomic E-state index is 11.9. The predicted octanol–water partition coefficient (Wildman–Crippen LogP) is 2.20. The number of nitrogens with zero attached hydrogens (tertiary/aromatic N) is 1. The Morgan fingerprint density at radius 3 is 3.00 bits per heavy atom. The summed E-state index contributed by atoms with van der Waals surface area (Å²) in [6.45, 7) is 4.15. The number of ether oxygens (including phenoxy) is 1. The van der Waals surface area contributed by atoms with Crippen molar-refractivity contribution in [2.75, 3.05) is 12.4 Å². The molecule has 1 N–H and O–H groups in total. The van der Waals surface area contributed by atoms with E-state index in [0.29, 0.717) is 22.0 Å². The zero-order chi connectivity index (χ0) is 13.8. The number of fused-ring (bicyclic) bond motifs is 1. The van der Waals surface area contributed by atoms with Gasteiger partial charge in [0.15, 0.2) is 5.16 Å². The van der Waals surface area contributed by atoms with Crippen molar-refractivity contribution in [2.24, 2.45) is 0 Å². The molecule has 5 nitrogen and oxygen atoms in total. The number of carbonyl (C=O) groups is 1. The second-order valence-corrected chi connectivity index (χ2v) is 5.83. The van der Waals surface area contributed by atoms with Gasteiger partial charge in [0.25, 0.3) is 5.56 Å². The molecule has 0 aliphatic carbocycles. The molecule has 0 amide bonds. The highest BCUT2D eigenvalue weighted by Gasteiger charge is 2.10. The van der Waals surface area contributed by atoms with Crippen LogP contribution in [0.2, 0.25) is 0 Å². The summed E-state index contributed by atoms with van der Waals surface area (Å²) >= 11 is 2.69. The number of nitrogens with one attached hydrogen (secondary N) is 1. The molecule has 7 heteroatoms. The number of aromatic nitrogens is 2. The first-order chi connectivity index (χ1) is 9.13. The highest BCUT2D eigenvalue weighted by Crippen LogP contribution is 2.23. The molecule has 0 aliphatic rings. The summed E-state index contributed by atoms with van der Waals surface area (Å²) in [5.41, 5.74) is -0.160. The van der Waals surface area contributed by atoms with Crippen LogP contribution in [0.15, 0.2) is 16.0 Å². The molecule has 0 saturated carbocycles. The van der Waals surface area contributed by atoms with Gasteiger partial charge in [0, 0.05) is 4.88 Å². The zero-order valence-electron chi connectivity index (χ0n) is 10.7. The summed E-state index contributed by atoms with van der Waals surface area (Å²) in [5, 5.41) is 1.07. The molecule has 0 aliphatic heterocycles. The minimum Gasteiger partial charge on any atom is -0.465 e. The highest BCUT2D eigenvalue weighted by atomic mass is 32.2. The van der Waals surface area contributed by atoms with Crippen LogP contribution in [0.25, 0.3) is 10.2 Å². The van der Waals surface area contributed by atoms with E-state index in [4.69, 9.17) is 4.74 Å². The van der Waals surface area contributed by atoms with Gasteiger partial charge >= 0.3 is 5.97 Å². The monoisotopic (exact) mass is 298 g/mol. The van der Waals surface area contributed by atoms with Gasteiger partial charge in [-0.25, -0.2) is 4.98 Å². The van der Waals surface area contributed by atoms with Crippen LogP contribution in [0.3, 0.4) is 0 Å². The average molecular weight is 298 g/mol. The van der Waals surface area contributed by atoms with E-state index in [0.717, 1.165) is 11.3 Å². The fraction of sp³-hybridized carbons (Fsp3) is 0.417. The third kappa shape index (κ3) is 3.36. The smallest absolute Gasteiger partial charge is 0.316 e.